The van der Waals surface area contributed by atoms with Crippen molar-refractivity contribution in [3.63, 3.8) is 0 Å². The van der Waals surface area contributed by atoms with Crippen molar-refractivity contribution in [3.05, 3.63) is 65.9 Å². The lowest BCUT2D eigenvalue weighted by Gasteiger charge is -2.07. The lowest BCUT2D eigenvalue weighted by atomic mass is 10.1. The molecule has 1 fully saturated rings. The van der Waals surface area contributed by atoms with Gasteiger partial charge in [-0.3, -0.25) is 9.78 Å². The van der Waals surface area contributed by atoms with E-state index >= 15 is 0 Å². The summed E-state index contributed by atoms with van der Waals surface area (Å²) in [5.41, 5.74) is 4.93. The van der Waals surface area contributed by atoms with Crippen molar-refractivity contribution in [1.82, 2.24) is 14.5 Å². The normalized spacial score (nSPS) is 13.7. The van der Waals surface area contributed by atoms with Crippen LogP contribution >= 0.6 is 0 Å². The molecule has 126 valence electrons. The summed E-state index contributed by atoms with van der Waals surface area (Å²) in [5.74, 6) is 1.04. The van der Waals surface area contributed by atoms with Gasteiger partial charge in [0.2, 0.25) is 0 Å². The molecule has 1 amide bonds. The number of rotatable bonds is 4. The van der Waals surface area contributed by atoms with Crippen LogP contribution in [0, 0.1) is 6.92 Å². The molecule has 0 bridgehead atoms. The summed E-state index contributed by atoms with van der Waals surface area (Å²) in [6.45, 7) is 1.99. The first kappa shape index (κ1) is 15.6. The highest BCUT2D eigenvalue weighted by Gasteiger charge is 2.29. The van der Waals surface area contributed by atoms with E-state index in [9.17, 15) is 4.79 Å². The zero-order valence-electron chi connectivity index (χ0n) is 14.4. The van der Waals surface area contributed by atoms with Crippen molar-refractivity contribution < 1.29 is 4.79 Å². The van der Waals surface area contributed by atoms with E-state index in [1.807, 2.05) is 44.3 Å². The van der Waals surface area contributed by atoms with E-state index in [1.165, 1.54) is 18.5 Å². The fraction of sp³-hybridized carbons (Fsp3) is 0.250. The van der Waals surface area contributed by atoms with E-state index in [1.54, 1.807) is 18.6 Å². The van der Waals surface area contributed by atoms with Crippen molar-refractivity contribution in [2.45, 2.75) is 25.7 Å². The van der Waals surface area contributed by atoms with Crippen LogP contribution in [0.15, 0.2) is 48.9 Å². The molecule has 1 aliphatic carbocycles. The Labute approximate surface area is 146 Å². The van der Waals surface area contributed by atoms with E-state index in [4.69, 9.17) is 0 Å². The standard InChI is InChI=1S/C20H20N4O/c1-13-17(11-18(24(13)2)14-5-6-14)20(25)23-19-10-15(7-9-22-19)16-4-3-8-21-12-16/h3-4,7-12,14H,5-6H2,1-2H3,(H,22,23,25). The van der Waals surface area contributed by atoms with Crippen molar-refractivity contribution in [3.8, 4) is 11.1 Å². The molecule has 3 aromatic rings. The number of carbonyl (C=O) groups excluding carboxylic acids is 1. The molecule has 5 heteroatoms. The maximum absolute atomic E-state index is 12.7. The van der Waals surface area contributed by atoms with Crippen LogP contribution in [0.25, 0.3) is 11.1 Å². The lowest BCUT2D eigenvalue weighted by molar-refractivity contribution is 0.102. The highest BCUT2D eigenvalue weighted by Crippen LogP contribution is 2.41. The Morgan fingerprint density at radius 3 is 2.76 bits per heavy atom. The van der Waals surface area contributed by atoms with Crippen LogP contribution in [0.4, 0.5) is 5.82 Å². The molecule has 0 saturated heterocycles. The fourth-order valence-electron chi connectivity index (χ4n) is 3.12. The average Bonchev–Trinajstić information content (AvgIpc) is 3.43. The van der Waals surface area contributed by atoms with Gasteiger partial charge in [0.05, 0.1) is 5.56 Å². The molecule has 0 unspecified atom stereocenters. The van der Waals surface area contributed by atoms with Gasteiger partial charge in [-0.2, -0.15) is 0 Å². The number of amides is 1. The first-order valence-corrected chi connectivity index (χ1v) is 8.47. The molecule has 0 spiro atoms. The molecule has 4 rings (SSSR count). The number of pyridine rings is 2. The Kier molecular flexibility index (Phi) is 3.84. The van der Waals surface area contributed by atoms with Crippen molar-refractivity contribution in [2.75, 3.05) is 5.32 Å². The monoisotopic (exact) mass is 332 g/mol. The molecule has 3 heterocycles. The van der Waals surface area contributed by atoms with Gasteiger partial charge in [0.15, 0.2) is 0 Å². The van der Waals surface area contributed by atoms with Gasteiger partial charge in [0, 0.05) is 42.6 Å². The fourth-order valence-corrected chi connectivity index (χ4v) is 3.12. The second kappa shape index (κ2) is 6.16. The Morgan fingerprint density at radius 1 is 1.20 bits per heavy atom. The molecule has 5 nitrogen and oxygen atoms in total. The molecule has 3 aromatic heterocycles. The number of nitrogens with zero attached hydrogens (tertiary/aromatic N) is 3. The first-order chi connectivity index (χ1) is 12.1. The summed E-state index contributed by atoms with van der Waals surface area (Å²) in [6.07, 6.45) is 7.67. The Morgan fingerprint density at radius 2 is 2.04 bits per heavy atom. The summed E-state index contributed by atoms with van der Waals surface area (Å²) in [4.78, 5) is 21.1. The highest BCUT2D eigenvalue weighted by atomic mass is 16.1. The third-order valence-electron chi connectivity index (χ3n) is 4.81. The third-order valence-corrected chi connectivity index (χ3v) is 4.81. The summed E-state index contributed by atoms with van der Waals surface area (Å²) >= 11 is 0. The number of carbonyl (C=O) groups is 1. The van der Waals surface area contributed by atoms with Gasteiger partial charge in [-0.25, -0.2) is 4.98 Å². The molecule has 0 aromatic carbocycles. The smallest absolute Gasteiger partial charge is 0.258 e. The van der Waals surface area contributed by atoms with Crippen LogP contribution in [-0.2, 0) is 7.05 Å². The van der Waals surface area contributed by atoms with E-state index in [0.29, 0.717) is 11.7 Å². The number of anilines is 1. The predicted molar refractivity (Wildman–Crippen MR) is 97.5 cm³/mol. The number of nitrogens with one attached hydrogen (secondary N) is 1. The van der Waals surface area contributed by atoms with Crippen LogP contribution in [-0.4, -0.2) is 20.4 Å². The molecular weight excluding hydrogens is 312 g/mol. The minimum atomic E-state index is -0.115. The second-order valence-corrected chi connectivity index (χ2v) is 6.53. The zero-order chi connectivity index (χ0) is 17.4. The molecule has 1 saturated carbocycles. The van der Waals surface area contributed by atoms with Gasteiger partial charge in [-0.1, -0.05) is 6.07 Å². The molecule has 0 aliphatic heterocycles. The van der Waals surface area contributed by atoms with E-state index in [2.05, 4.69) is 19.9 Å². The molecule has 1 aliphatic rings. The highest BCUT2D eigenvalue weighted by molar-refractivity contribution is 6.05. The van der Waals surface area contributed by atoms with Gasteiger partial charge in [0.25, 0.3) is 5.91 Å². The maximum atomic E-state index is 12.7. The van der Waals surface area contributed by atoms with Gasteiger partial charge >= 0.3 is 0 Å². The van der Waals surface area contributed by atoms with Crippen molar-refractivity contribution in [2.24, 2.45) is 7.05 Å². The Bertz CT molecular complexity index is 926. The van der Waals surface area contributed by atoms with Crippen LogP contribution in [0.5, 0.6) is 0 Å². The quantitative estimate of drug-likeness (QED) is 0.788. The summed E-state index contributed by atoms with van der Waals surface area (Å²) in [7, 11) is 2.03. The average molecular weight is 332 g/mol. The van der Waals surface area contributed by atoms with E-state index < -0.39 is 0 Å². The summed E-state index contributed by atoms with van der Waals surface area (Å²) < 4.78 is 2.13. The number of hydrogen-bond acceptors (Lipinski definition) is 3. The van der Waals surface area contributed by atoms with Gasteiger partial charge in [0.1, 0.15) is 5.82 Å². The van der Waals surface area contributed by atoms with Crippen LogP contribution in [0.1, 0.15) is 40.5 Å². The van der Waals surface area contributed by atoms with Gasteiger partial charge in [-0.05, 0) is 55.5 Å². The van der Waals surface area contributed by atoms with Crippen molar-refractivity contribution in [1.29, 1.82) is 0 Å². The SMILES string of the molecule is Cc1c(C(=O)Nc2cc(-c3cccnc3)ccn2)cc(C2CC2)n1C. The second-order valence-electron chi connectivity index (χ2n) is 6.53. The molecule has 0 atom stereocenters. The first-order valence-electron chi connectivity index (χ1n) is 8.47. The van der Waals surface area contributed by atoms with Crippen LogP contribution in [0.3, 0.4) is 0 Å². The largest absolute Gasteiger partial charge is 0.351 e. The third kappa shape index (κ3) is 3.05. The topological polar surface area (TPSA) is 59.8 Å². The lowest BCUT2D eigenvalue weighted by Crippen LogP contribution is -2.13. The molecule has 25 heavy (non-hydrogen) atoms. The van der Waals surface area contributed by atoms with E-state index in [0.717, 1.165) is 22.4 Å². The molecule has 0 radical (unpaired) electrons. The minimum absolute atomic E-state index is 0.115. The van der Waals surface area contributed by atoms with Gasteiger partial charge < -0.3 is 9.88 Å². The van der Waals surface area contributed by atoms with Crippen molar-refractivity contribution >= 4 is 11.7 Å². The number of hydrogen-bond donors (Lipinski definition) is 1. The molecule has 1 N–H and O–H groups in total. The van der Waals surface area contributed by atoms with Crippen LogP contribution < -0.4 is 5.32 Å². The van der Waals surface area contributed by atoms with Gasteiger partial charge in [-0.15, -0.1) is 0 Å². The summed E-state index contributed by atoms with van der Waals surface area (Å²) in [5, 5.41) is 2.93. The minimum Gasteiger partial charge on any atom is -0.351 e. The van der Waals surface area contributed by atoms with E-state index in [-0.39, 0.29) is 5.91 Å². The molecular formula is C20H20N4O. The number of aromatic nitrogens is 3. The van der Waals surface area contributed by atoms with Crippen LogP contribution in [0.2, 0.25) is 0 Å². The maximum Gasteiger partial charge on any atom is 0.258 e. The Hall–Kier alpha value is -2.95. The Balaban J connectivity index is 1.58. The predicted octanol–water partition coefficient (Wildman–Crippen LogP) is 3.92. The summed E-state index contributed by atoms with van der Waals surface area (Å²) in [6, 6.07) is 9.67. The zero-order valence-corrected chi connectivity index (χ0v) is 14.4.